The Bertz CT molecular complexity index is 2140. The Labute approximate surface area is 283 Å². The van der Waals surface area contributed by atoms with E-state index in [4.69, 9.17) is 22.6 Å². The molecule has 0 saturated carbocycles. The van der Waals surface area contributed by atoms with Crippen LogP contribution in [-0.4, -0.2) is 30.1 Å². The van der Waals surface area contributed by atoms with E-state index in [-0.39, 0.29) is 50.8 Å². The summed E-state index contributed by atoms with van der Waals surface area (Å²) in [5.41, 5.74) is 2.14. The molecular weight excluding hydrogens is 618 g/mol. The molecule has 236 valence electrons. The van der Waals surface area contributed by atoms with Gasteiger partial charge in [0.2, 0.25) is 5.88 Å². The second-order valence-electron chi connectivity index (χ2n) is 9.81. The summed E-state index contributed by atoms with van der Waals surface area (Å²) in [5.74, 6) is -0.795. The third-order valence-electron chi connectivity index (χ3n) is 6.87. The molecular formula is C38H25N7O4. The van der Waals surface area contributed by atoms with Crippen LogP contribution in [0.2, 0.25) is 0 Å². The van der Waals surface area contributed by atoms with Crippen LogP contribution in [-0.2, 0) is 9.47 Å². The number of allylic oxidation sites excluding steroid dienone is 13. The zero-order valence-electron chi connectivity index (χ0n) is 26.5. The van der Waals surface area contributed by atoms with Crippen molar-refractivity contribution in [2.75, 3.05) is 14.2 Å². The Morgan fingerprint density at radius 3 is 1.78 bits per heavy atom. The average molecular weight is 644 g/mol. The molecule has 11 heteroatoms. The second kappa shape index (κ2) is 17.0. The Balaban J connectivity index is 1.89. The van der Waals surface area contributed by atoms with Gasteiger partial charge in [0.25, 0.3) is 11.4 Å². The number of ether oxygens (including phenoxy) is 2. The van der Waals surface area contributed by atoms with Gasteiger partial charge in [0.1, 0.15) is 5.70 Å². The first-order chi connectivity index (χ1) is 23.7. The number of hydrogen-bond donors (Lipinski definition) is 1. The van der Waals surface area contributed by atoms with E-state index in [0.29, 0.717) is 11.1 Å². The van der Waals surface area contributed by atoms with Crippen LogP contribution < -0.4 is 0 Å². The van der Waals surface area contributed by atoms with Crippen molar-refractivity contribution in [1.29, 1.82) is 21.0 Å². The van der Waals surface area contributed by atoms with E-state index in [2.05, 4.69) is 9.69 Å². The molecule has 0 aliphatic carbocycles. The van der Waals surface area contributed by atoms with Crippen molar-refractivity contribution in [2.45, 2.75) is 6.92 Å². The molecule has 1 aliphatic rings. The van der Waals surface area contributed by atoms with Crippen molar-refractivity contribution in [1.82, 2.24) is 4.90 Å². The predicted molar refractivity (Wildman–Crippen MR) is 179 cm³/mol. The van der Waals surface area contributed by atoms with Crippen molar-refractivity contribution in [3.05, 3.63) is 176 Å². The van der Waals surface area contributed by atoms with Crippen molar-refractivity contribution >= 4 is 17.1 Å². The minimum absolute atomic E-state index is 0.0214. The minimum Gasteiger partial charge on any atom is -0.479 e. The number of aliphatic hydroxyl groups is 1. The first-order valence-electron chi connectivity index (χ1n) is 14.1. The van der Waals surface area contributed by atoms with E-state index >= 15 is 0 Å². The average Bonchev–Trinajstić information content (AvgIpc) is 3.39. The number of carbonyl (C=O) groups excluding carboxylic acids is 1. The number of nitrogens with zero attached hydrogens (tertiary/aromatic N) is 7. The highest BCUT2D eigenvalue weighted by atomic mass is 16.6. The number of benzene rings is 2. The number of aliphatic hydroxyl groups excluding tert-OH is 1. The highest BCUT2D eigenvalue weighted by Gasteiger charge is 2.24. The number of aryl methyl sites for hydroxylation is 1. The molecule has 0 spiro atoms. The maximum Gasteiger partial charge on any atom is 0.337 e. The summed E-state index contributed by atoms with van der Waals surface area (Å²) < 4.78 is 10.2. The number of methoxy groups -OCH3 is 1. The van der Waals surface area contributed by atoms with Crippen LogP contribution in [0.5, 0.6) is 0 Å². The lowest BCUT2D eigenvalue weighted by Gasteiger charge is -2.11. The maximum absolute atomic E-state index is 11.8. The zero-order valence-corrected chi connectivity index (χ0v) is 26.5. The summed E-state index contributed by atoms with van der Waals surface area (Å²) in [6.45, 7) is 16.7. The van der Waals surface area contributed by atoms with Gasteiger partial charge in [-0.25, -0.2) is 25.0 Å². The summed E-state index contributed by atoms with van der Waals surface area (Å²) in [6.07, 6.45) is 10.3. The summed E-state index contributed by atoms with van der Waals surface area (Å²) in [7, 11) is 2.85. The molecule has 2 aromatic rings. The molecule has 1 aliphatic heterocycles. The van der Waals surface area contributed by atoms with E-state index in [1.165, 1.54) is 72.7 Å². The van der Waals surface area contributed by atoms with Crippen molar-refractivity contribution in [2.24, 2.45) is 0 Å². The fourth-order valence-corrected chi connectivity index (χ4v) is 4.41. The maximum atomic E-state index is 11.8. The van der Waals surface area contributed by atoms with E-state index in [9.17, 15) is 30.9 Å². The highest BCUT2D eigenvalue weighted by molar-refractivity contribution is 5.92. The molecule has 0 bridgehead atoms. The van der Waals surface area contributed by atoms with Gasteiger partial charge in [0.05, 0.1) is 61.2 Å². The molecule has 11 nitrogen and oxygen atoms in total. The van der Waals surface area contributed by atoms with Crippen LogP contribution in [0, 0.1) is 65.4 Å². The quantitative estimate of drug-likeness (QED) is 0.127. The van der Waals surface area contributed by atoms with Crippen LogP contribution in [0.25, 0.3) is 20.8 Å². The lowest BCUT2D eigenvalue weighted by Crippen LogP contribution is -2.10. The molecule has 0 unspecified atom stereocenters. The number of likely N-dealkylation sites (N-methyl/N-ethyl adjacent to an activating group) is 1. The van der Waals surface area contributed by atoms with Crippen LogP contribution in [0.3, 0.4) is 0 Å². The van der Waals surface area contributed by atoms with Crippen molar-refractivity contribution in [3.63, 3.8) is 0 Å². The van der Waals surface area contributed by atoms with Crippen LogP contribution >= 0.6 is 0 Å². The number of esters is 1. The fraction of sp³-hybridized carbons (Fsp3) is 0.0789. The summed E-state index contributed by atoms with van der Waals surface area (Å²) in [5, 5.41) is 49.3. The van der Waals surface area contributed by atoms with E-state index in [1.807, 2.05) is 37.3 Å². The van der Waals surface area contributed by atoms with Gasteiger partial charge in [-0.1, -0.05) is 60.2 Å². The van der Waals surface area contributed by atoms with E-state index in [1.54, 1.807) is 31.3 Å². The zero-order chi connectivity index (χ0) is 35.9. The molecule has 1 heterocycles. The van der Waals surface area contributed by atoms with Crippen LogP contribution in [0.1, 0.15) is 27.0 Å². The van der Waals surface area contributed by atoms with Crippen LogP contribution in [0.4, 0.5) is 0 Å². The number of nitriles is 4. The number of rotatable bonds is 9. The molecule has 0 saturated heterocycles. The second-order valence-corrected chi connectivity index (χ2v) is 9.81. The van der Waals surface area contributed by atoms with Gasteiger partial charge in [-0.2, -0.15) is 10.5 Å². The highest BCUT2D eigenvalue weighted by Crippen LogP contribution is 2.30. The van der Waals surface area contributed by atoms with Gasteiger partial charge in [-0.15, -0.1) is 0 Å². The predicted octanol–water partition coefficient (Wildman–Crippen LogP) is 7.33. The molecule has 0 amide bonds. The lowest BCUT2D eigenvalue weighted by molar-refractivity contribution is 0.0600. The normalized spacial score (nSPS) is 14.9. The van der Waals surface area contributed by atoms with Crippen LogP contribution in [0.15, 0.2) is 131 Å². The van der Waals surface area contributed by atoms with Gasteiger partial charge in [-0.3, -0.25) is 0 Å². The number of carbonyl (C=O) groups is 1. The summed E-state index contributed by atoms with van der Waals surface area (Å²) in [4.78, 5) is 19.9. The van der Waals surface area contributed by atoms with Crippen molar-refractivity contribution < 1.29 is 19.4 Å². The number of hydrogen-bond acceptors (Lipinski definition) is 9. The van der Waals surface area contributed by atoms with Gasteiger partial charge in [0.15, 0.2) is 0 Å². The molecule has 0 atom stereocenters. The van der Waals surface area contributed by atoms with Gasteiger partial charge in [-0.05, 0) is 54.5 Å². The molecule has 2 aromatic carbocycles. The first kappa shape index (κ1) is 35.6. The fourth-order valence-electron chi connectivity index (χ4n) is 4.41. The van der Waals surface area contributed by atoms with Crippen molar-refractivity contribution in [3.8, 4) is 24.3 Å². The van der Waals surface area contributed by atoms with Gasteiger partial charge < -0.3 is 19.5 Å². The van der Waals surface area contributed by atoms with Gasteiger partial charge >= 0.3 is 11.9 Å². The topological polar surface area (TPSA) is 163 Å². The van der Waals surface area contributed by atoms with E-state index < -0.39 is 11.9 Å². The summed E-state index contributed by atoms with van der Waals surface area (Å²) in [6, 6.07) is 20.7. The molecule has 0 radical (unpaired) electrons. The first-order valence-corrected chi connectivity index (χ1v) is 14.1. The Morgan fingerprint density at radius 1 is 0.816 bits per heavy atom. The Morgan fingerprint density at radius 2 is 1.31 bits per heavy atom. The Kier molecular flexibility index (Phi) is 12.4. The monoisotopic (exact) mass is 643 g/mol. The molecule has 1 N–H and O–H groups in total. The van der Waals surface area contributed by atoms with E-state index in [0.717, 1.165) is 5.56 Å². The smallest absolute Gasteiger partial charge is 0.337 e. The molecule has 3 rings (SSSR count). The third-order valence-corrected chi connectivity index (χ3v) is 6.87. The van der Waals surface area contributed by atoms with Gasteiger partial charge in [0, 0.05) is 18.2 Å². The molecule has 49 heavy (non-hydrogen) atoms. The molecule has 0 fully saturated rings. The minimum atomic E-state index is -0.569. The SMILES string of the molecule is [C-]#[N+]\C(C#N)=C(/C(C#N)=C/C=C/C1=C(O)O/C(=C/C=C/C=C(C#N)/C(=C(\C#N)[N+]#[C-])c2ccc(C)cc2)N1C)c1ccc(C(=O)OC)cc1. The third kappa shape index (κ3) is 8.46. The lowest BCUT2D eigenvalue weighted by atomic mass is 9.95. The molecule has 0 aromatic heterocycles. The summed E-state index contributed by atoms with van der Waals surface area (Å²) >= 11 is 0. The standard InChI is InChI=1S/C38H25N7O4/c1-25-13-15-26(16-14-25)35(31(23-41)43-2)29(21-39)9-6-7-12-34-45(4)33(38(47)49-34)11-8-10-30(22-40)36(32(24-42)44-3)27-17-19-28(20-18-27)37(46)48-5/h6-20,47H,1,4-5H3/b7-6+,11-8+,29-9+,30-10+,34-12+,35-31+,36-32-. The Hall–Kier alpha value is -7.83. The largest absolute Gasteiger partial charge is 0.479 e.